The van der Waals surface area contributed by atoms with Gasteiger partial charge in [0.05, 0.1) is 17.4 Å². The molecular formula is C13H11N3O2S. The molecule has 0 bridgehead atoms. The molecule has 0 aliphatic rings. The van der Waals surface area contributed by atoms with Crippen LogP contribution in [0.25, 0.3) is 0 Å². The van der Waals surface area contributed by atoms with Crippen molar-refractivity contribution in [2.24, 2.45) is 0 Å². The number of aromatic amines is 1. The van der Waals surface area contributed by atoms with E-state index in [4.69, 9.17) is 5.26 Å². The van der Waals surface area contributed by atoms with Crippen molar-refractivity contribution in [3.8, 4) is 11.9 Å². The highest BCUT2D eigenvalue weighted by Gasteiger charge is 2.11. The van der Waals surface area contributed by atoms with E-state index in [0.717, 1.165) is 17.3 Å². The number of benzene rings is 1. The van der Waals surface area contributed by atoms with E-state index in [1.165, 1.54) is 0 Å². The lowest BCUT2D eigenvalue weighted by atomic mass is 10.1. The topological polar surface area (TPSA) is 89.8 Å². The zero-order valence-electron chi connectivity index (χ0n) is 9.96. The Balaban J connectivity index is 2.28. The summed E-state index contributed by atoms with van der Waals surface area (Å²) in [5.41, 5.74) is 0.770. The molecule has 0 aliphatic carbocycles. The van der Waals surface area contributed by atoms with Crippen LogP contribution in [0.15, 0.2) is 40.3 Å². The highest BCUT2D eigenvalue weighted by Crippen LogP contribution is 2.18. The summed E-state index contributed by atoms with van der Waals surface area (Å²) in [6, 6.07) is 11.3. The summed E-state index contributed by atoms with van der Waals surface area (Å²) >= 11 is 1.08. The van der Waals surface area contributed by atoms with Gasteiger partial charge in [-0.1, -0.05) is 42.1 Å². The first kappa shape index (κ1) is 13.2. The molecular weight excluding hydrogens is 262 g/mol. The molecule has 0 radical (unpaired) electrons. The fraction of sp³-hybridized carbons (Fsp3) is 0.154. The van der Waals surface area contributed by atoms with Crippen molar-refractivity contribution in [1.29, 1.82) is 5.26 Å². The molecule has 0 aliphatic heterocycles. The number of aromatic hydroxyl groups is 1. The van der Waals surface area contributed by atoms with Crippen LogP contribution in [0.4, 0.5) is 0 Å². The van der Waals surface area contributed by atoms with Crippen LogP contribution in [0.3, 0.4) is 0 Å². The highest BCUT2D eigenvalue weighted by atomic mass is 32.2. The summed E-state index contributed by atoms with van der Waals surface area (Å²) in [4.78, 5) is 18.3. The molecule has 2 aromatic rings. The third-order valence-corrected chi connectivity index (χ3v) is 3.21. The molecule has 5 nitrogen and oxygen atoms in total. The summed E-state index contributed by atoms with van der Waals surface area (Å²) in [6.45, 7) is 0. The predicted octanol–water partition coefficient (Wildman–Crippen LogP) is 1.68. The Labute approximate surface area is 113 Å². The third-order valence-electron chi connectivity index (χ3n) is 2.47. The van der Waals surface area contributed by atoms with Gasteiger partial charge in [0.2, 0.25) is 5.88 Å². The number of nitriles is 1. The van der Waals surface area contributed by atoms with Gasteiger partial charge in [0.25, 0.3) is 5.56 Å². The van der Waals surface area contributed by atoms with Crippen LogP contribution < -0.4 is 5.56 Å². The van der Waals surface area contributed by atoms with E-state index in [-0.39, 0.29) is 27.9 Å². The van der Waals surface area contributed by atoms with Gasteiger partial charge in [0, 0.05) is 6.42 Å². The van der Waals surface area contributed by atoms with Crippen molar-refractivity contribution >= 4 is 11.8 Å². The van der Waals surface area contributed by atoms with Crippen molar-refractivity contribution in [2.75, 3.05) is 5.75 Å². The number of aromatic nitrogens is 2. The van der Waals surface area contributed by atoms with E-state index in [1.807, 2.05) is 36.4 Å². The van der Waals surface area contributed by atoms with Gasteiger partial charge < -0.3 is 10.1 Å². The molecule has 0 saturated carbocycles. The normalized spacial score (nSPS) is 10.1. The molecule has 0 amide bonds. The van der Waals surface area contributed by atoms with Crippen LogP contribution in [0.1, 0.15) is 11.1 Å². The van der Waals surface area contributed by atoms with Crippen LogP contribution in [0, 0.1) is 11.3 Å². The summed E-state index contributed by atoms with van der Waals surface area (Å²) in [5.74, 6) is -0.117. The first-order chi connectivity index (χ1) is 9.20. The molecule has 2 rings (SSSR count). The largest absolute Gasteiger partial charge is 0.493 e. The molecule has 0 unspecified atom stereocenters. The molecule has 6 heteroatoms. The van der Waals surface area contributed by atoms with Gasteiger partial charge in [-0.05, 0) is 5.56 Å². The monoisotopic (exact) mass is 273 g/mol. The molecule has 1 aromatic carbocycles. The standard InChI is InChI=1S/C13H11N3O2S/c14-6-7-19-13-15-11(17)10(12(18)16-13)8-9-4-2-1-3-5-9/h1-5H,7-8H2,(H2,15,16,17,18). The van der Waals surface area contributed by atoms with Crippen LogP contribution in [-0.4, -0.2) is 20.8 Å². The zero-order valence-corrected chi connectivity index (χ0v) is 10.8. The van der Waals surface area contributed by atoms with Crippen LogP contribution in [-0.2, 0) is 6.42 Å². The summed E-state index contributed by atoms with van der Waals surface area (Å²) in [7, 11) is 0. The number of nitrogens with zero attached hydrogens (tertiary/aromatic N) is 2. The van der Waals surface area contributed by atoms with E-state index in [1.54, 1.807) is 0 Å². The van der Waals surface area contributed by atoms with Crippen LogP contribution >= 0.6 is 11.8 Å². The van der Waals surface area contributed by atoms with E-state index in [2.05, 4.69) is 9.97 Å². The molecule has 1 aromatic heterocycles. The van der Waals surface area contributed by atoms with Gasteiger partial charge in [0.1, 0.15) is 0 Å². The van der Waals surface area contributed by atoms with E-state index in [0.29, 0.717) is 6.42 Å². The Kier molecular flexibility index (Phi) is 4.21. The van der Waals surface area contributed by atoms with E-state index >= 15 is 0 Å². The van der Waals surface area contributed by atoms with Crippen molar-refractivity contribution in [3.63, 3.8) is 0 Å². The highest BCUT2D eigenvalue weighted by molar-refractivity contribution is 7.99. The average molecular weight is 273 g/mol. The second kappa shape index (κ2) is 6.07. The van der Waals surface area contributed by atoms with Crippen molar-refractivity contribution in [2.45, 2.75) is 11.6 Å². The Morgan fingerprint density at radius 3 is 2.74 bits per heavy atom. The molecule has 0 saturated heterocycles. The number of H-pyrrole nitrogens is 1. The summed E-state index contributed by atoms with van der Waals surface area (Å²) in [5, 5.41) is 18.5. The molecule has 0 fully saturated rings. The van der Waals surface area contributed by atoms with Gasteiger partial charge in [-0.2, -0.15) is 10.2 Å². The lowest BCUT2D eigenvalue weighted by molar-refractivity contribution is 0.437. The second-order valence-electron chi connectivity index (χ2n) is 3.78. The van der Waals surface area contributed by atoms with Crippen molar-refractivity contribution in [3.05, 3.63) is 51.8 Å². The fourth-order valence-corrected chi connectivity index (χ4v) is 2.11. The molecule has 0 atom stereocenters. The Bertz CT molecular complexity index is 662. The maximum atomic E-state index is 11.9. The number of hydrogen-bond acceptors (Lipinski definition) is 5. The number of rotatable bonds is 4. The average Bonchev–Trinajstić information content (AvgIpc) is 2.42. The number of thioether (sulfide) groups is 1. The van der Waals surface area contributed by atoms with Gasteiger partial charge in [-0.25, -0.2) is 0 Å². The first-order valence-electron chi connectivity index (χ1n) is 5.56. The minimum absolute atomic E-state index is 0.167. The summed E-state index contributed by atoms with van der Waals surface area (Å²) < 4.78 is 0. The molecule has 96 valence electrons. The number of hydrogen-bond donors (Lipinski definition) is 2. The van der Waals surface area contributed by atoms with Crippen molar-refractivity contribution < 1.29 is 5.11 Å². The van der Waals surface area contributed by atoms with Gasteiger partial charge >= 0.3 is 0 Å². The molecule has 2 N–H and O–H groups in total. The lowest BCUT2D eigenvalue weighted by Crippen LogP contribution is -2.15. The van der Waals surface area contributed by atoms with Crippen molar-refractivity contribution in [1.82, 2.24) is 9.97 Å². The fourth-order valence-electron chi connectivity index (χ4n) is 1.59. The number of nitrogens with one attached hydrogen (secondary N) is 1. The minimum Gasteiger partial charge on any atom is -0.493 e. The Morgan fingerprint density at radius 1 is 1.37 bits per heavy atom. The molecule has 19 heavy (non-hydrogen) atoms. The SMILES string of the molecule is N#CCSc1nc(O)c(Cc2ccccc2)c(=O)[nH]1. The van der Waals surface area contributed by atoms with Crippen LogP contribution in [0.5, 0.6) is 5.88 Å². The molecule has 0 spiro atoms. The lowest BCUT2D eigenvalue weighted by Gasteiger charge is -2.04. The maximum Gasteiger partial charge on any atom is 0.258 e. The van der Waals surface area contributed by atoms with Crippen LogP contribution in [0.2, 0.25) is 0 Å². The molecule has 1 heterocycles. The quantitative estimate of drug-likeness (QED) is 0.653. The Morgan fingerprint density at radius 2 is 2.11 bits per heavy atom. The minimum atomic E-state index is -0.378. The van der Waals surface area contributed by atoms with Gasteiger partial charge in [-0.15, -0.1) is 0 Å². The Hall–Kier alpha value is -2.26. The third kappa shape index (κ3) is 3.36. The van der Waals surface area contributed by atoms with E-state index in [9.17, 15) is 9.90 Å². The summed E-state index contributed by atoms with van der Waals surface area (Å²) in [6.07, 6.45) is 0.318. The van der Waals surface area contributed by atoms with Gasteiger partial charge in [0.15, 0.2) is 5.16 Å². The maximum absolute atomic E-state index is 11.9. The van der Waals surface area contributed by atoms with E-state index < -0.39 is 0 Å². The first-order valence-corrected chi connectivity index (χ1v) is 6.55. The zero-order chi connectivity index (χ0) is 13.7. The smallest absolute Gasteiger partial charge is 0.258 e. The second-order valence-corrected chi connectivity index (χ2v) is 4.75. The van der Waals surface area contributed by atoms with Gasteiger partial charge in [-0.3, -0.25) is 4.79 Å². The predicted molar refractivity (Wildman–Crippen MR) is 72.1 cm³/mol.